The van der Waals surface area contributed by atoms with Crippen LogP contribution in [0.3, 0.4) is 0 Å². The van der Waals surface area contributed by atoms with Crippen LogP contribution in [-0.2, 0) is 0 Å². The third kappa shape index (κ3) is 2.46. The highest BCUT2D eigenvalue weighted by Crippen LogP contribution is 2.22. The largest absolute Gasteiger partial charge is 0.347 e. The fraction of sp³-hybridized carbons (Fsp3) is 0.800. The standard InChI is InChI=1S/C10H18N4S/c1-8-11-10(15-12-8)14-6-4-9(5-7-14)13(2)3/h9H,4-7H2,1-3H3. The van der Waals surface area contributed by atoms with Crippen LogP contribution in [0, 0.1) is 6.92 Å². The van der Waals surface area contributed by atoms with Crippen molar-refractivity contribution in [1.29, 1.82) is 0 Å². The zero-order valence-electron chi connectivity index (χ0n) is 9.60. The molecule has 4 nitrogen and oxygen atoms in total. The highest BCUT2D eigenvalue weighted by Gasteiger charge is 2.22. The highest BCUT2D eigenvalue weighted by atomic mass is 32.1. The Morgan fingerprint density at radius 3 is 2.47 bits per heavy atom. The van der Waals surface area contributed by atoms with Crippen LogP contribution < -0.4 is 4.90 Å². The topological polar surface area (TPSA) is 32.3 Å². The summed E-state index contributed by atoms with van der Waals surface area (Å²) in [5.41, 5.74) is 0. The van der Waals surface area contributed by atoms with Gasteiger partial charge in [0, 0.05) is 30.7 Å². The molecule has 1 aliphatic heterocycles. The molecular weight excluding hydrogens is 208 g/mol. The molecule has 0 unspecified atom stereocenters. The van der Waals surface area contributed by atoms with Gasteiger partial charge in [-0.2, -0.15) is 4.37 Å². The third-order valence-corrected chi connectivity index (χ3v) is 3.85. The van der Waals surface area contributed by atoms with Crippen LogP contribution in [0.5, 0.6) is 0 Å². The summed E-state index contributed by atoms with van der Waals surface area (Å²) in [7, 11) is 4.32. The Hall–Kier alpha value is -0.680. The van der Waals surface area contributed by atoms with E-state index in [1.54, 1.807) is 0 Å². The van der Waals surface area contributed by atoms with Crippen LogP contribution >= 0.6 is 11.5 Å². The number of piperidine rings is 1. The Bertz CT molecular complexity index is 315. The van der Waals surface area contributed by atoms with E-state index in [0.29, 0.717) is 0 Å². The Kier molecular flexibility index (Phi) is 3.21. The van der Waals surface area contributed by atoms with E-state index in [4.69, 9.17) is 0 Å². The fourth-order valence-corrected chi connectivity index (χ4v) is 2.71. The molecule has 0 N–H and O–H groups in total. The Labute approximate surface area is 95.1 Å². The van der Waals surface area contributed by atoms with Crippen LogP contribution in [0.4, 0.5) is 5.13 Å². The van der Waals surface area contributed by atoms with Gasteiger partial charge in [0.1, 0.15) is 5.82 Å². The van der Waals surface area contributed by atoms with Gasteiger partial charge in [-0.1, -0.05) is 0 Å². The minimum absolute atomic E-state index is 0.732. The lowest BCUT2D eigenvalue weighted by atomic mass is 10.0. The summed E-state index contributed by atoms with van der Waals surface area (Å²) in [5.74, 6) is 0.893. The van der Waals surface area contributed by atoms with Crippen molar-refractivity contribution in [3.8, 4) is 0 Å². The Balaban J connectivity index is 1.93. The molecule has 0 aromatic carbocycles. The maximum Gasteiger partial charge on any atom is 0.205 e. The van der Waals surface area contributed by atoms with Gasteiger partial charge < -0.3 is 9.80 Å². The molecule has 0 atom stereocenters. The number of nitrogens with zero attached hydrogens (tertiary/aromatic N) is 4. The summed E-state index contributed by atoms with van der Waals surface area (Å²) in [6, 6.07) is 0.732. The maximum absolute atomic E-state index is 4.42. The van der Waals surface area contributed by atoms with E-state index in [1.807, 2.05) is 6.92 Å². The van der Waals surface area contributed by atoms with E-state index in [-0.39, 0.29) is 0 Å². The second-order valence-corrected chi connectivity index (χ2v) is 5.04. The predicted molar refractivity (Wildman–Crippen MR) is 63.6 cm³/mol. The molecule has 0 aliphatic carbocycles. The van der Waals surface area contributed by atoms with Crippen molar-refractivity contribution < 1.29 is 0 Å². The van der Waals surface area contributed by atoms with Crippen LogP contribution in [0.15, 0.2) is 0 Å². The highest BCUT2D eigenvalue weighted by molar-refractivity contribution is 7.09. The summed E-state index contributed by atoms with van der Waals surface area (Å²) in [6.45, 7) is 4.17. The number of anilines is 1. The van der Waals surface area contributed by atoms with E-state index in [2.05, 4.69) is 33.3 Å². The normalized spacial score (nSPS) is 18.8. The molecule has 0 bridgehead atoms. The molecule has 5 heteroatoms. The number of rotatable bonds is 2. The van der Waals surface area contributed by atoms with Crippen molar-refractivity contribution in [3.05, 3.63) is 5.82 Å². The van der Waals surface area contributed by atoms with Crippen LogP contribution in [0.2, 0.25) is 0 Å². The number of aromatic nitrogens is 2. The van der Waals surface area contributed by atoms with E-state index >= 15 is 0 Å². The van der Waals surface area contributed by atoms with Gasteiger partial charge in [-0.3, -0.25) is 0 Å². The molecule has 2 rings (SSSR count). The lowest BCUT2D eigenvalue weighted by Crippen LogP contribution is -2.41. The summed E-state index contributed by atoms with van der Waals surface area (Å²) in [4.78, 5) is 9.10. The average molecular weight is 226 g/mol. The van der Waals surface area contributed by atoms with Crippen LogP contribution in [0.25, 0.3) is 0 Å². The van der Waals surface area contributed by atoms with E-state index in [0.717, 1.165) is 30.1 Å². The summed E-state index contributed by atoms with van der Waals surface area (Å²) in [5, 5.41) is 1.09. The van der Waals surface area contributed by atoms with Gasteiger partial charge in [-0.25, -0.2) is 4.98 Å². The predicted octanol–water partition coefficient (Wildman–Crippen LogP) is 1.38. The molecule has 1 fully saturated rings. The van der Waals surface area contributed by atoms with Crippen molar-refractivity contribution >= 4 is 16.7 Å². The number of hydrogen-bond donors (Lipinski definition) is 0. The molecule has 0 amide bonds. The number of hydrogen-bond acceptors (Lipinski definition) is 5. The quantitative estimate of drug-likeness (QED) is 0.762. The molecule has 15 heavy (non-hydrogen) atoms. The Morgan fingerprint density at radius 2 is 2.00 bits per heavy atom. The summed E-state index contributed by atoms with van der Waals surface area (Å²) in [6.07, 6.45) is 2.46. The first-order chi connectivity index (χ1) is 7.16. The average Bonchev–Trinajstić information content (AvgIpc) is 2.65. The van der Waals surface area contributed by atoms with Gasteiger partial charge in [-0.15, -0.1) is 0 Å². The van der Waals surface area contributed by atoms with Crippen molar-refractivity contribution in [2.24, 2.45) is 0 Å². The molecule has 2 heterocycles. The molecule has 1 aromatic rings. The first-order valence-electron chi connectivity index (χ1n) is 5.38. The van der Waals surface area contributed by atoms with E-state index < -0.39 is 0 Å². The van der Waals surface area contributed by atoms with Gasteiger partial charge in [0.15, 0.2) is 0 Å². The van der Waals surface area contributed by atoms with Crippen LogP contribution in [-0.4, -0.2) is 47.5 Å². The van der Waals surface area contributed by atoms with Gasteiger partial charge in [0.25, 0.3) is 0 Å². The zero-order valence-corrected chi connectivity index (χ0v) is 10.4. The lowest BCUT2D eigenvalue weighted by molar-refractivity contribution is 0.249. The summed E-state index contributed by atoms with van der Waals surface area (Å²) < 4.78 is 4.22. The molecule has 0 radical (unpaired) electrons. The van der Waals surface area contributed by atoms with Gasteiger partial charge in [-0.05, 0) is 33.9 Å². The number of aryl methyl sites for hydroxylation is 1. The minimum Gasteiger partial charge on any atom is -0.347 e. The molecule has 0 saturated carbocycles. The second kappa shape index (κ2) is 4.45. The minimum atomic E-state index is 0.732. The first-order valence-corrected chi connectivity index (χ1v) is 6.16. The monoisotopic (exact) mass is 226 g/mol. The molecule has 1 saturated heterocycles. The van der Waals surface area contributed by atoms with Crippen molar-refractivity contribution in [2.45, 2.75) is 25.8 Å². The molecule has 1 aromatic heterocycles. The lowest BCUT2D eigenvalue weighted by Gasteiger charge is -2.34. The zero-order chi connectivity index (χ0) is 10.8. The van der Waals surface area contributed by atoms with Gasteiger partial charge in [0.05, 0.1) is 0 Å². The fourth-order valence-electron chi connectivity index (χ4n) is 1.99. The van der Waals surface area contributed by atoms with Gasteiger partial charge in [0.2, 0.25) is 5.13 Å². The Morgan fingerprint density at radius 1 is 1.33 bits per heavy atom. The molecule has 84 valence electrons. The van der Waals surface area contributed by atoms with Crippen molar-refractivity contribution in [1.82, 2.24) is 14.3 Å². The molecule has 0 spiro atoms. The van der Waals surface area contributed by atoms with Crippen molar-refractivity contribution in [2.75, 3.05) is 32.1 Å². The smallest absolute Gasteiger partial charge is 0.205 e. The van der Waals surface area contributed by atoms with E-state index in [9.17, 15) is 0 Å². The van der Waals surface area contributed by atoms with Gasteiger partial charge >= 0.3 is 0 Å². The summed E-state index contributed by atoms with van der Waals surface area (Å²) >= 11 is 1.52. The molecular formula is C10H18N4S. The first kappa shape index (κ1) is 10.8. The van der Waals surface area contributed by atoms with Crippen molar-refractivity contribution in [3.63, 3.8) is 0 Å². The third-order valence-electron chi connectivity index (χ3n) is 2.98. The SMILES string of the molecule is Cc1nsc(N2CCC(N(C)C)CC2)n1. The second-order valence-electron chi connectivity index (χ2n) is 4.31. The van der Waals surface area contributed by atoms with E-state index in [1.165, 1.54) is 24.4 Å². The molecule has 1 aliphatic rings. The maximum atomic E-state index is 4.42. The van der Waals surface area contributed by atoms with Crippen LogP contribution in [0.1, 0.15) is 18.7 Å².